The molecule has 3 heterocycles. The van der Waals surface area contributed by atoms with Gasteiger partial charge in [-0.15, -0.1) is 0 Å². The maximum Gasteiger partial charge on any atom is 0.164 e. The molecular formula is C59H36N4S. The zero-order valence-electron chi connectivity index (χ0n) is 34.5. The van der Waals surface area contributed by atoms with Gasteiger partial charge in [-0.2, -0.15) is 0 Å². The monoisotopic (exact) mass is 832 g/mol. The number of fused-ring (bicyclic) bond motifs is 12. The van der Waals surface area contributed by atoms with Gasteiger partial charge in [-0.25, -0.2) is 19.9 Å². The highest BCUT2D eigenvalue weighted by molar-refractivity contribution is 7.99. The first-order valence-electron chi connectivity index (χ1n) is 21.6. The number of hydrogen-bond acceptors (Lipinski definition) is 5. The summed E-state index contributed by atoms with van der Waals surface area (Å²) in [6.45, 7) is 0. The Morgan fingerprint density at radius 3 is 1.52 bits per heavy atom. The van der Waals surface area contributed by atoms with Crippen LogP contribution in [0.5, 0.6) is 0 Å². The van der Waals surface area contributed by atoms with Crippen LogP contribution in [0.2, 0.25) is 0 Å². The second-order valence-corrected chi connectivity index (χ2v) is 17.6. The Bertz CT molecular complexity index is 3600. The Balaban J connectivity index is 1.06. The van der Waals surface area contributed by atoms with Gasteiger partial charge in [0.1, 0.15) is 0 Å². The summed E-state index contributed by atoms with van der Waals surface area (Å²) in [5.41, 5.74) is 15.1. The SMILES string of the molecule is c1ccc(-c2cccc(-c3nc(-c4ccccc4)nc(-c4ccc5c(c4)nc(-c4ccccc4)c4cc6c(cc45)C4(c5ccccc5Sc5ccccc54)c4ccccc4-6)n3)c2)cc1. The van der Waals surface area contributed by atoms with Gasteiger partial charge in [0.2, 0.25) is 0 Å². The standard InChI is InChI=1S/C59H36N4S/c1-4-17-37(18-5-1)40-23-16-24-41(33-40)57-61-56(39-21-8-3-9-22-39)62-58(63-57)42-31-32-44-45-36-51-46(35-47(45)55(60-52(44)34-42)38-19-6-2-7-20-38)43-25-10-11-26-48(43)59(51)49-27-12-14-29-53(49)64-54-30-15-13-28-50(54)59/h1-36H. The highest BCUT2D eigenvalue weighted by Crippen LogP contribution is 2.63. The van der Waals surface area contributed by atoms with Crippen molar-refractivity contribution in [3.05, 3.63) is 241 Å². The number of rotatable bonds is 5. The number of benzene rings is 9. The van der Waals surface area contributed by atoms with E-state index in [0.717, 1.165) is 60.8 Å². The summed E-state index contributed by atoms with van der Waals surface area (Å²) in [5.74, 6) is 1.83. The Morgan fingerprint density at radius 1 is 0.297 bits per heavy atom. The van der Waals surface area contributed by atoms with Gasteiger partial charge in [0, 0.05) is 42.8 Å². The van der Waals surface area contributed by atoms with Crippen LogP contribution in [0.3, 0.4) is 0 Å². The highest BCUT2D eigenvalue weighted by atomic mass is 32.2. The highest BCUT2D eigenvalue weighted by Gasteiger charge is 2.50. The van der Waals surface area contributed by atoms with Crippen LogP contribution < -0.4 is 0 Å². The van der Waals surface area contributed by atoms with Crippen molar-refractivity contribution in [3.8, 4) is 67.7 Å². The van der Waals surface area contributed by atoms with E-state index in [-0.39, 0.29) is 0 Å². The Morgan fingerprint density at radius 2 is 0.828 bits per heavy atom. The van der Waals surface area contributed by atoms with Gasteiger partial charge < -0.3 is 0 Å². The van der Waals surface area contributed by atoms with Crippen LogP contribution in [0.1, 0.15) is 22.3 Å². The van der Waals surface area contributed by atoms with E-state index < -0.39 is 5.41 Å². The average molecular weight is 833 g/mol. The molecule has 64 heavy (non-hydrogen) atoms. The van der Waals surface area contributed by atoms with E-state index in [1.54, 1.807) is 0 Å². The molecule has 298 valence electrons. The lowest BCUT2D eigenvalue weighted by atomic mass is 9.67. The molecule has 0 fully saturated rings. The molecule has 0 N–H and O–H groups in total. The predicted octanol–water partition coefficient (Wildman–Crippen LogP) is 14.7. The fraction of sp³-hybridized carbons (Fsp3) is 0.0169. The van der Waals surface area contributed by atoms with Gasteiger partial charge >= 0.3 is 0 Å². The van der Waals surface area contributed by atoms with Gasteiger partial charge in [-0.1, -0.05) is 194 Å². The molecule has 0 atom stereocenters. The van der Waals surface area contributed by atoms with Gasteiger partial charge in [0.05, 0.1) is 16.6 Å². The Kier molecular flexibility index (Phi) is 8.33. The summed E-state index contributed by atoms with van der Waals surface area (Å²) in [7, 11) is 0. The van der Waals surface area contributed by atoms with E-state index in [2.05, 4.69) is 194 Å². The van der Waals surface area contributed by atoms with Crippen molar-refractivity contribution in [2.45, 2.75) is 15.2 Å². The van der Waals surface area contributed by atoms with Crippen molar-refractivity contribution in [1.29, 1.82) is 0 Å². The van der Waals surface area contributed by atoms with Crippen molar-refractivity contribution in [3.63, 3.8) is 0 Å². The number of nitrogens with zero attached hydrogens (tertiary/aromatic N) is 4. The predicted molar refractivity (Wildman–Crippen MR) is 261 cm³/mol. The summed E-state index contributed by atoms with van der Waals surface area (Å²) in [5, 5.41) is 3.36. The number of hydrogen-bond donors (Lipinski definition) is 0. The van der Waals surface area contributed by atoms with Gasteiger partial charge in [0.25, 0.3) is 0 Å². The van der Waals surface area contributed by atoms with Crippen LogP contribution in [-0.2, 0) is 5.41 Å². The smallest absolute Gasteiger partial charge is 0.164 e. The fourth-order valence-corrected chi connectivity index (χ4v) is 11.3. The molecule has 5 heteroatoms. The average Bonchev–Trinajstić information content (AvgIpc) is 3.65. The third-order valence-corrected chi connectivity index (χ3v) is 14.1. The van der Waals surface area contributed by atoms with Gasteiger partial charge in [0.15, 0.2) is 17.5 Å². The minimum absolute atomic E-state index is 0.492. The second-order valence-electron chi connectivity index (χ2n) is 16.5. The Labute approximate surface area is 375 Å². The lowest BCUT2D eigenvalue weighted by Crippen LogP contribution is -2.31. The third-order valence-electron chi connectivity index (χ3n) is 13.0. The Hall–Kier alpha value is -7.99. The van der Waals surface area contributed by atoms with E-state index in [1.807, 2.05) is 36.0 Å². The zero-order chi connectivity index (χ0) is 42.2. The first-order valence-corrected chi connectivity index (χ1v) is 22.4. The molecule has 0 bridgehead atoms. The van der Waals surface area contributed by atoms with Crippen LogP contribution in [0.4, 0.5) is 0 Å². The summed E-state index contributed by atoms with van der Waals surface area (Å²) in [6, 6.07) is 78.0. The first-order chi connectivity index (χ1) is 31.7. The second kappa shape index (κ2) is 14.6. The summed E-state index contributed by atoms with van der Waals surface area (Å²) in [4.78, 5) is 23.6. The molecule has 0 radical (unpaired) electrons. The summed E-state index contributed by atoms with van der Waals surface area (Å²) in [6.07, 6.45) is 0. The normalized spacial score (nSPS) is 13.1. The van der Waals surface area contributed by atoms with Crippen LogP contribution in [-0.4, -0.2) is 19.9 Å². The summed E-state index contributed by atoms with van der Waals surface area (Å²) < 4.78 is 0. The molecule has 4 nitrogen and oxygen atoms in total. The maximum absolute atomic E-state index is 5.55. The zero-order valence-corrected chi connectivity index (χ0v) is 35.3. The molecule has 0 saturated carbocycles. The summed E-state index contributed by atoms with van der Waals surface area (Å²) >= 11 is 1.87. The lowest BCUT2D eigenvalue weighted by molar-refractivity contribution is 0.723. The topological polar surface area (TPSA) is 51.6 Å². The molecule has 0 unspecified atom stereocenters. The molecule has 1 aliphatic carbocycles. The van der Waals surface area contributed by atoms with Crippen molar-refractivity contribution in [2.24, 2.45) is 0 Å². The number of pyridine rings is 1. The minimum atomic E-state index is -0.492. The van der Waals surface area contributed by atoms with E-state index in [1.165, 1.54) is 43.2 Å². The van der Waals surface area contributed by atoms with Crippen molar-refractivity contribution >= 4 is 33.4 Å². The van der Waals surface area contributed by atoms with E-state index >= 15 is 0 Å². The third kappa shape index (κ3) is 5.64. The van der Waals surface area contributed by atoms with E-state index in [4.69, 9.17) is 19.9 Å². The largest absolute Gasteiger partial charge is 0.247 e. The molecule has 2 aromatic heterocycles. The molecule has 13 rings (SSSR count). The van der Waals surface area contributed by atoms with Crippen molar-refractivity contribution in [1.82, 2.24) is 19.9 Å². The molecular weight excluding hydrogens is 797 g/mol. The van der Waals surface area contributed by atoms with Crippen LogP contribution >= 0.6 is 11.8 Å². The molecule has 2 aliphatic rings. The maximum atomic E-state index is 5.55. The molecule has 0 amide bonds. The van der Waals surface area contributed by atoms with Crippen molar-refractivity contribution < 1.29 is 0 Å². The van der Waals surface area contributed by atoms with Crippen LogP contribution in [0.15, 0.2) is 228 Å². The molecule has 1 aliphatic heterocycles. The lowest BCUT2D eigenvalue weighted by Gasteiger charge is -2.39. The quantitative estimate of drug-likeness (QED) is 0.162. The minimum Gasteiger partial charge on any atom is -0.247 e. The molecule has 0 saturated heterocycles. The molecule has 11 aromatic rings. The van der Waals surface area contributed by atoms with Crippen LogP contribution in [0, 0.1) is 0 Å². The van der Waals surface area contributed by atoms with E-state index in [9.17, 15) is 0 Å². The van der Waals surface area contributed by atoms with Crippen molar-refractivity contribution in [2.75, 3.05) is 0 Å². The fourth-order valence-electron chi connectivity index (χ4n) is 10.1. The number of aromatic nitrogens is 4. The molecule has 9 aromatic carbocycles. The van der Waals surface area contributed by atoms with Gasteiger partial charge in [-0.05, 0) is 86.3 Å². The van der Waals surface area contributed by atoms with E-state index in [0.29, 0.717) is 17.5 Å². The van der Waals surface area contributed by atoms with Crippen LogP contribution in [0.25, 0.3) is 89.4 Å². The molecule has 1 spiro atoms. The first kappa shape index (κ1) is 36.6. The van der Waals surface area contributed by atoms with Gasteiger partial charge in [-0.3, -0.25) is 0 Å².